The van der Waals surface area contributed by atoms with E-state index in [1.165, 1.54) is 11.8 Å². The highest BCUT2D eigenvalue weighted by Crippen LogP contribution is 2.13. The minimum absolute atomic E-state index is 0.0341. The van der Waals surface area contributed by atoms with E-state index in [2.05, 4.69) is 15.8 Å². The molecule has 1 aromatic rings. The van der Waals surface area contributed by atoms with E-state index in [1.54, 1.807) is 0 Å². The van der Waals surface area contributed by atoms with Crippen molar-refractivity contribution in [3.05, 3.63) is 34.9 Å². The maximum Gasteiger partial charge on any atom is 0.232 e. The van der Waals surface area contributed by atoms with E-state index >= 15 is 0 Å². The molecule has 0 radical (unpaired) electrons. The van der Waals surface area contributed by atoms with E-state index in [0.717, 1.165) is 11.3 Å². The molecule has 4 nitrogen and oxygen atoms in total. The summed E-state index contributed by atoms with van der Waals surface area (Å²) < 4.78 is 0. The maximum absolute atomic E-state index is 11.0. The van der Waals surface area contributed by atoms with Crippen molar-refractivity contribution in [3.63, 3.8) is 0 Å². The summed E-state index contributed by atoms with van der Waals surface area (Å²) in [7, 11) is 0. The summed E-state index contributed by atoms with van der Waals surface area (Å²) >= 11 is 7.30. The summed E-state index contributed by atoms with van der Waals surface area (Å²) in [5.41, 5.74) is 4.62. The van der Waals surface area contributed by atoms with Gasteiger partial charge in [-0.15, -0.1) is 11.8 Å². The number of rotatable bonds is 3. The third kappa shape index (κ3) is 3.38. The maximum atomic E-state index is 11.0. The number of carbonyl (C=O) groups excluding carboxylic acids is 1. The molecule has 0 saturated carbocycles. The molecule has 1 aliphatic rings. The summed E-state index contributed by atoms with van der Waals surface area (Å²) in [4.78, 5) is 11.0. The second-order valence-electron chi connectivity index (χ2n) is 3.59. The summed E-state index contributed by atoms with van der Waals surface area (Å²) in [5.74, 6) is 0.513. The Labute approximate surface area is 109 Å². The van der Waals surface area contributed by atoms with E-state index in [1.807, 2.05) is 31.2 Å². The van der Waals surface area contributed by atoms with Crippen LogP contribution in [0.25, 0.3) is 0 Å². The third-order valence-electron chi connectivity index (χ3n) is 2.28. The van der Waals surface area contributed by atoms with Gasteiger partial charge in [0.1, 0.15) is 0 Å². The molecule has 1 saturated heterocycles. The Morgan fingerprint density at radius 2 is 2.24 bits per heavy atom. The van der Waals surface area contributed by atoms with Crippen molar-refractivity contribution in [1.29, 1.82) is 0 Å². The highest BCUT2D eigenvalue weighted by atomic mass is 35.5. The van der Waals surface area contributed by atoms with Gasteiger partial charge in [-0.25, -0.2) is 0 Å². The summed E-state index contributed by atoms with van der Waals surface area (Å²) in [6.45, 7) is 1.90. The van der Waals surface area contributed by atoms with Gasteiger partial charge in [0.25, 0.3) is 0 Å². The summed E-state index contributed by atoms with van der Waals surface area (Å²) in [5, 5.41) is 7.69. The number of halogens is 1. The van der Waals surface area contributed by atoms with E-state index in [4.69, 9.17) is 11.6 Å². The molecule has 1 unspecified atom stereocenters. The molecule has 1 amide bonds. The molecule has 1 fully saturated rings. The van der Waals surface area contributed by atoms with Crippen LogP contribution in [0.2, 0.25) is 5.02 Å². The Balaban J connectivity index is 1.97. The van der Waals surface area contributed by atoms with Crippen LogP contribution in [0.5, 0.6) is 0 Å². The number of carbonyl (C=O) groups is 1. The standard InChI is InChI=1S/C11H12ClN3OS/c1-7(8-2-4-9(12)5-3-8)14-15-11-13-10(16)6-17-11/h2-5,11,15H,6H2,1H3,(H,13,16). The Hall–Kier alpha value is -1.20. The number of hydrogen-bond donors (Lipinski definition) is 2. The fraction of sp³-hybridized carbons (Fsp3) is 0.273. The number of nitrogens with zero attached hydrogens (tertiary/aromatic N) is 1. The first-order valence-electron chi connectivity index (χ1n) is 5.12. The minimum atomic E-state index is -0.134. The molecule has 6 heteroatoms. The molecule has 0 aliphatic carbocycles. The van der Waals surface area contributed by atoms with Crippen LogP contribution in [-0.4, -0.2) is 22.9 Å². The van der Waals surface area contributed by atoms with Crippen molar-refractivity contribution >= 4 is 35.0 Å². The molecule has 0 aromatic heterocycles. The number of hydrazone groups is 1. The Bertz CT molecular complexity index is 447. The topological polar surface area (TPSA) is 53.5 Å². The van der Waals surface area contributed by atoms with Crippen LogP contribution in [-0.2, 0) is 4.79 Å². The number of nitrogens with one attached hydrogen (secondary N) is 2. The highest BCUT2D eigenvalue weighted by molar-refractivity contribution is 8.00. The van der Waals surface area contributed by atoms with Gasteiger partial charge in [0.05, 0.1) is 11.5 Å². The quantitative estimate of drug-likeness (QED) is 0.650. The Kier molecular flexibility index (Phi) is 3.91. The first-order valence-corrected chi connectivity index (χ1v) is 6.54. The molecule has 1 atom stereocenters. The molecule has 2 rings (SSSR count). The second-order valence-corrected chi connectivity index (χ2v) is 5.12. The lowest BCUT2D eigenvalue weighted by atomic mass is 10.1. The second kappa shape index (κ2) is 5.42. The molecule has 1 aromatic carbocycles. The fourth-order valence-corrected chi connectivity index (χ4v) is 2.24. The van der Waals surface area contributed by atoms with E-state index in [-0.39, 0.29) is 11.4 Å². The van der Waals surface area contributed by atoms with Crippen LogP contribution in [0.3, 0.4) is 0 Å². The number of hydrogen-bond acceptors (Lipinski definition) is 4. The number of benzene rings is 1. The van der Waals surface area contributed by atoms with Crippen LogP contribution < -0.4 is 10.7 Å². The van der Waals surface area contributed by atoms with Gasteiger partial charge in [-0.1, -0.05) is 23.7 Å². The SMILES string of the molecule is CC(=NNC1NC(=O)CS1)c1ccc(Cl)cc1. The normalized spacial score (nSPS) is 20.2. The van der Waals surface area contributed by atoms with E-state index in [0.29, 0.717) is 10.8 Å². The van der Waals surface area contributed by atoms with E-state index in [9.17, 15) is 4.79 Å². The molecule has 2 N–H and O–H groups in total. The van der Waals surface area contributed by atoms with Crippen molar-refractivity contribution in [2.45, 2.75) is 12.4 Å². The monoisotopic (exact) mass is 269 g/mol. The van der Waals surface area contributed by atoms with Crippen LogP contribution in [0.4, 0.5) is 0 Å². The van der Waals surface area contributed by atoms with Crippen molar-refractivity contribution in [3.8, 4) is 0 Å². The van der Waals surface area contributed by atoms with Crippen LogP contribution in [0, 0.1) is 0 Å². The van der Waals surface area contributed by atoms with Gasteiger partial charge < -0.3 is 5.32 Å². The van der Waals surface area contributed by atoms with Gasteiger partial charge in [-0.3, -0.25) is 10.2 Å². The average molecular weight is 270 g/mol. The first kappa shape index (κ1) is 12.3. The van der Waals surface area contributed by atoms with Crippen LogP contribution >= 0.6 is 23.4 Å². The number of amides is 1. The first-order chi connectivity index (χ1) is 8.15. The van der Waals surface area contributed by atoms with Gasteiger partial charge >= 0.3 is 0 Å². The number of thioether (sulfide) groups is 1. The predicted molar refractivity (Wildman–Crippen MR) is 71.2 cm³/mol. The predicted octanol–water partition coefficient (Wildman–Crippen LogP) is 1.80. The largest absolute Gasteiger partial charge is 0.325 e. The molecule has 17 heavy (non-hydrogen) atoms. The molecule has 0 bridgehead atoms. The zero-order valence-electron chi connectivity index (χ0n) is 9.24. The Morgan fingerprint density at radius 3 is 2.82 bits per heavy atom. The van der Waals surface area contributed by atoms with Gasteiger partial charge in [0, 0.05) is 5.02 Å². The molecule has 1 heterocycles. The van der Waals surface area contributed by atoms with Crippen LogP contribution in [0.15, 0.2) is 29.4 Å². The summed E-state index contributed by atoms with van der Waals surface area (Å²) in [6, 6.07) is 7.45. The smallest absolute Gasteiger partial charge is 0.232 e. The lowest BCUT2D eigenvalue weighted by molar-refractivity contribution is -0.118. The van der Waals surface area contributed by atoms with E-state index < -0.39 is 0 Å². The molecule has 1 aliphatic heterocycles. The van der Waals surface area contributed by atoms with Crippen molar-refractivity contribution in [1.82, 2.24) is 10.7 Å². The minimum Gasteiger partial charge on any atom is -0.325 e. The Morgan fingerprint density at radius 1 is 1.53 bits per heavy atom. The van der Waals surface area contributed by atoms with Crippen molar-refractivity contribution < 1.29 is 4.79 Å². The zero-order chi connectivity index (χ0) is 12.3. The van der Waals surface area contributed by atoms with Gasteiger partial charge in [-0.2, -0.15) is 5.10 Å². The van der Waals surface area contributed by atoms with Gasteiger partial charge in [0.15, 0.2) is 5.50 Å². The molecule has 0 spiro atoms. The van der Waals surface area contributed by atoms with Crippen molar-refractivity contribution in [2.24, 2.45) is 5.10 Å². The van der Waals surface area contributed by atoms with Crippen LogP contribution in [0.1, 0.15) is 12.5 Å². The van der Waals surface area contributed by atoms with Gasteiger partial charge in [0.2, 0.25) is 5.91 Å². The molecular weight excluding hydrogens is 258 g/mol. The molecule has 90 valence electrons. The van der Waals surface area contributed by atoms with Gasteiger partial charge in [-0.05, 0) is 24.6 Å². The highest BCUT2D eigenvalue weighted by Gasteiger charge is 2.20. The fourth-order valence-electron chi connectivity index (χ4n) is 1.37. The zero-order valence-corrected chi connectivity index (χ0v) is 10.8. The van der Waals surface area contributed by atoms with Crippen molar-refractivity contribution in [2.75, 3.05) is 5.75 Å². The lowest BCUT2D eigenvalue weighted by Gasteiger charge is -2.09. The summed E-state index contributed by atoms with van der Waals surface area (Å²) in [6.07, 6.45) is 0. The lowest BCUT2D eigenvalue weighted by Crippen LogP contribution is -2.34. The molecular formula is C11H12ClN3OS. The third-order valence-corrected chi connectivity index (χ3v) is 3.52. The average Bonchev–Trinajstić information content (AvgIpc) is 2.73.